The van der Waals surface area contributed by atoms with Crippen LogP contribution in [-0.2, 0) is 9.59 Å². The smallest absolute Gasteiger partial charge is 0.306 e. The van der Waals surface area contributed by atoms with Crippen molar-refractivity contribution in [2.75, 3.05) is 38.5 Å². The van der Waals surface area contributed by atoms with E-state index in [9.17, 15) is 9.59 Å². The van der Waals surface area contributed by atoms with Crippen LogP contribution in [0.2, 0.25) is 0 Å². The molecule has 2 aliphatic heterocycles. The Morgan fingerprint density at radius 1 is 1.19 bits per heavy atom. The summed E-state index contributed by atoms with van der Waals surface area (Å²) in [6, 6.07) is 0. The molecule has 0 atom stereocenters. The van der Waals surface area contributed by atoms with E-state index in [2.05, 4.69) is 18.7 Å². The summed E-state index contributed by atoms with van der Waals surface area (Å²) in [7, 11) is 0. The standard InChI is InChI=1S/C15H26N2O3S/c1-15(2)5-8-16(9-10-21-15)11-13(18)17-6-3-12(4-7-17)14(19)20/h12H,3-11H2,1-2H3,(H,19,20). The van der Waals surface area contributed by atoms with E-state index in [-0.39, 0.29) is 11.8 Å². The van der Waals surface area contributed by atoms with Crippen molar-refractivity contribution < 1.29 is 14.7 Å². The summed E-state index contributed by atoms with van der Waals surface area (Å²) in [4.78, 5) is 27.4. The molecule has 0 spiro atoms. The topological polar surface area (TPSA) is 60.9 Å². The van der Waals surface area contributed by atoms with Gasteiger partial charge in [-0.2, -0.15) is 11.8 Å². The van der Waals surface area contributed by atoms with Gasteiger partial charge in [-0.25, -0.2) is 0 Å². The maximum Gasteiger partial charge on any atom is 0.306 e. The lowest BCUT2D eigenvalue weighted by molar-refractivity contribution is -0.146. The van der Waals surface area contributed by atoms with Gasteiger partial charge in [-0.15, -0.1) is 0 Å². The van der Waals surface area contributed by atoms with Crippen molar-refractivity contribution in [2.24, 2.45) is 5.92 Å². The van der Waals surface area contributed by atoms with Crippen molar-refractivity contribution in [1.82, 2.24) is 9.80 Å². The van der Waals surface area contributed by atoms with Crippen LogP contribution in [0.4, 0.5) is 0 Å². The van der Waals surface area contributed by atoms with E-state index in [1.807, 2.05) is 16.7 Å². The van der Waals surface area contributed by atoms with E-state index in [4.69, 9.17) is 5.11 Å². The first-order valence-electron chi connectivity index (χ1n) is 7.74. The van der Waals surface area contributed by atoms with Crippen molar-refractivity contribution >= 4 is 23.6 Å². The molecule has 1 amide bonds. The molecule has 0 radical (unpaired) electrons. The first kappa shape index (κ1) is 16.6. The molecule has 0 aliphatic carbocycles. The Labute approximate surface area is 131 Å². The third-order valence-electron chi connectivity index (χ3n) is 4.49. The highest BCUT2D eigenvalue weighted by Crippen LogP contribution is 2.30. The van der Waals surface area contributed by atoms with Crippen LogP contribution in [0.25, 0.3) is 0 Å². The molecule has 120 valence electrons. The van der Waals surface area contributed by atoms with Gasteiger partial charge in [0, 0.05) is 36.7 Å². The Hall–Kier alpha value is -0.750. The van der Waals surface area contributed by atoms with Gasteiger partial charge < -0.3 is 10.0 Å². The molecule has 0 unspecified atom stereocenters. The highest BCUT2D eigenvalue weighted by molar-refractivity contribution is 8.00. The highest BCUT2D eigenvalue weighted by atomic mass is 32.2. The first-order valence-corrected chi connectivity index (χ1v) is 8.73. The van der Waals surface area contributed by atoms with E-state index < -0.39 is 5.97 Å². The Balaban J connectivity index is 1.78. The SMILES string of the molecule is CC1(C)CCN(CC(=O)N2CCC(C(=O)O)CC2)CCS1. The Bertz CT molecular complexity index is 392. The normalized spacial score (nSPS) is 24.6. The van der Waals surface area contributed by atoms with Gasteiger partial charge in [-0.3, -0.25) is 14.5 Å². The minimum atomic E-state index is -0.728. The third-order valence-corrected chi connectivity index (χ3v) is 5.86. The van der Waals surface area contributed by atoms with Crippen LogP contribution in [0.3, 0.4) is 0 Å². The second kappa shape index (κ2) is 7.01. The van der Waals surface area contributed by atoms with Crippen molar-refractivity contribution in [3.8, 4) is 0 Å². The minimum absolute atomic E-state index is 0.156. The van der Waals surface area contributed by atoms with Crippen molar-refractivity contribution in [1.29, 1.82) is 0 Å². The molecule has 21 heavy (non-hydrogen) atoms. The van der Waals surface area contributed by atoms with Crippen LogP contribution in [0.5, 0.6) is 0 Å². The van der Waals surface area contributed by atoms with Crippen LogP contribution in [0.1, 0.15) is 33.1 Å². The van der Waals surface area contributed by atoms with Gasteiger partial charge >= 0.3 is 5.97 Å². The first-order chi connectivity index (χ1) is 9.87. The highest BCUT2D eigenvalue weighted by Gasteiger charge is 2.29. The summed E-state index contributed by atoms with van der Waals surface area (Å²) in [6.45, 7) is 8.12. The van der Waals surface area contributed by atoms with Gasteiger partial charge in [-0.1, -0.05) is 13.8 Å². The fourth-order valence-electron chi connectivity index (χ4n) is 2.89. The van der Waals surface area contributed by atoms with E-state index in [1.165, 1.54) is 0 Å². The van der Waals surface area contributed by atoms with Gasteiger partial charge in [0.05, 0.1) is 12.5 Å². The van der Waals surface area contributed by atoms with Crippen LogP contribution < -0.4 is 0 Å². The van der Waals surface area contributed by atoms with Crippen LogP contribution >= 0.6 is 11.8 Å². The molecular weight excluding hydrogens is 288 g/mol. The van der Waals surface area contributed by atoms with Crippen LogP contribution in [0.15, 0.2) is 0 Å². The van der Waals surface area contributed by atoms with Crippen molar-refractivity contribution in [2.45, 2.75) is 37.9 Å². The van der Waals surface area contributed by atoms with Crippen molar-refractivity contribution in [3.05, 3.63) is 0 Å². The molecule has 2 heterocycles. The molecule has 0 bridgehead atoms. The number of carbonyl (C=O) groups is 2. The number of amides is 1. The summed E-state index contributed by atoms with van der Waals surface area (Å²) in [5.41, 5.74) is 0. The number of piperidine rings is 1. The number of hydrogen-bond acceptors (Lipinski definition) is 4. The fraction of sp³-hybridized carbons (Fsp3) is 0.867. The average Bonchev–Trinajstić information content (AvgIpc) is 2.60. The molecule has 0 saturated carbocycles. The maximum absolute atomic E-state index is 12.3. The number of nitrogens with zero attached hydrogens (tertiary/aromatic N) is 2. The van der Waals surface area contributed by atoms with Gasteiger partial charge in [0.2, 0.25) is 5.91 Å². The summed E-state index contributed by atoms with van der Waals surface area (Å²) in [5, 5.41) is 8.99. The zero-order valence-electron chi connectivity index (χ0n) is 13.0. The van der Waals surface area contributed by atoms with E-state index in [0.29, 0.717) is 37.2 Å². The van der Waals surface area contributed by atoms with E-state index in [0.717, 1.165) is 25.3 Å². The quantitative estimate of drug-likeness (QED) is 0.856. The lowest BCUT2D eigenvalue weighted by atomic mass is 9.97. The number of carboxylic acids is 1. The lowest BCUT2D eigenvalue weighted by Gasteiger charge is -2.32. The lowest BCUT2D eigenvalue weighted by Crippen LogP contribution is -2.45. The molecule has 0 aromatic rings. The molecule has 6 heteroatoms. The Kier molecular flexibility index (Phi) is 5.54. The number of carbonyl (C=O) groups excluding carboxylic acids is 1. The summed E-state index contributed by atoms with van der Waals surface area (Å²) in [6.07, 6.45) is 2.28. The fourth-order valence-corrected chi connectivity index (χ4v) is 4.03. The van der Waals surface area contributed by atoms with E-state index in [1.54, 1.807) is 0 Å². The van der Waals surface area contributed by atoms with Gasteiger partial charge in [-0.05, 0) is 19.3 Å². The zero-order valence-corrected chi connectivity index (χ0v) is 13.8. The summed E-state index contributed by atoms with van der Waals surface area (Å²) < 4.78 is 0.303. The number of carboxylic acid groups (broad SMARTS) is 1. The zero-order chi connectivity index (χ0) is 15.5. The molecule has 0 aromatic carbocycles. The second-order valence-electron chi connectivity index (χ2n) is 6.63. The predicted octanol–water partition coefficient (Wildman–Crippen LogP) is 1.53. The van der Waals surface area contributed by atoms with Crippen LogP contribution in [0, 0.1) is 5.92 Å². The number of thioether (sulfide) groups is 1. The molecule has 1 N–H and O–H groups in total. The maximum atomic E-state index is 12.3. The number of hydrogen-bond donors (Lipinski definition) is 1. The molecule has 2 aliphatic rings. The molecular formula is C15H26N2O3S. The molecule has 2 saturated heterocycles. The minimum Gasteiger partial charge on any atom is -0.481 e. The van der Waals surface area contributed by atoms with E-state index >= 15 is 0 Å². The molecule has 2 fully saturated rings. The average molecular weight is 314 g/mol. The molecule has 5 nitrogen and oxygen atoms in total. The molecule has 2 rings (SSSR count). The van der Waals surface area contributed by atoms with Gasteiger partial charge in [0.1, 0.15) is 0 Å². The Morgan fingerprint density at radius 2 is 1.86 bits per heavy atom. The van der Waals surface area contributed by atoms with Crippen molar-refractivity contribution in [3.63, 3.8) is 0 Å². The van der Waals surface area contributed by atoms with Gasteiger partial charge in [0.25, 0.3) is 0 Å². The van der Waals surface area contributed by atoms with Gasteiger partial charge in [0.15, 0.2) is 0 Å². The Morgan fingerprint density at radius 3 is 2.48 bits per heavy atom. The third kappa shape index (κ3) is 4.88. The monoisotopic (exact) mass is 314 g/mol. The number of aliphatic carboxylic acids is 1. The summed E-state index contributed by atoms with van der Waals surface area (Å²) >= 11 is 1.98. The predicted molar refractivity (Wildman–Crippen MR) is 84.5 cm³/mol. The number of likely N-dealkylation sites (tertiary alicyclic amines) is 1. The summed E-state index contributed by atoms with van der Waals surface area (Å²) in [5.74, 6) is 0.225. The second-order valence-corrected chi connectivity index (χ2v) is 8.43. The number of rotatable bonds is 3. The van der Waals surface area contributed by atoms with Crippen LogP contribution in [-0.4, -0.2) is 70.0 Å². The largest absolute Gasteiger partial charge is 0.481 e. The molecule has 0 aromatic heterocycles.